The molecule has 8 heteroatoms. The average molecular weight is 392 g/mol. The molecule has 2 aromatic carbocycles. The molecule has 0 spiro atoms. The largest absolute Gasteiger partial charge is 0.386 e. The van der Waals surface area contributed by atoms with Crippen LogP contribution in [0.1, 0.15) is 18.6 Å². The lowest BCUT2D eigenvalue weighted by Gasteiger charge is -2.24. The molecule has 0 aliphatic heterocycles. The second-order valence-corrected chi connectivity index (χ2v) is 6.64. The monoisotopic (exact) mass is 391 g/mol. The molecular formula is C18H15Cl2N3O3. The predicted octanol–water partition coefficient (Wildman–Crippen LogP) is 4.98. The fourth-order valence-electron chi connectivity index (χ4n) is 2.83. The summed E-state index contributed by atoms with van der Waals surface area (Å²) in [5.74, 6) is 0. The number of aliphatic hydroxyl groups excluding tert-OH is 1. The summed E-state index contributed by atoms with van der Waals surface area (Å²) in [4.78, 5) is 14.7. The number of benzene rings is 2. The highest BCUT2D eigenvalue weighted by molar-refractivity contribution is 6.36. The number of aliphatic hydroxyl groups is 1. The third kappa shape index (κ3) is 3.44. The lowest BCUT2D eigenvalue weighted by molar-refractivity contribution is -0.383. The van der Waals surface area contributed by atoms with Crippen molar-refractivity contribution in [3.05, 3.63) is 74.5 Å². The zero-order valence-corrected chi connectivity index (χ0v) is 15.2. The second-order valence-electron chi connectivity index (χ2n) is 5.82. The number of fused-ring (bicyclic) bond motifs is 1. The quantitative estimate of drug-likeness (QED) is 0.472. The summed E-state index contributed by atoms with van der Waals surface area (Å²) in [6, 6.07) is 9.27. The number of hydrogen-bond acceptors (Lipinski definition) is 5. The van der Waals surface area contributed by atoms with E-state index in [0.29, 0.717) is 32.1 Å². The molecule has 0 radical (unpaired) electrons. The summed E-state index contributed by atoms with van der Waals surface area (Å²) >= 11 is 12.3. The maximum absolute atomic E-state index is 11.2. The molecule has 3 rings (SSSR count). The maximum atomic E-state index is 11.2. The Hall–Kier alpha value is -2.41. The summed E-state index contributed by atoms with van der Waals surface area (Å²) in [5.41, 5.74) is 1.05. The van der Waals surface area contributed by atoms with E-state index in [-0.39, 0.29) is 5.69 Å². The van der Waals surface area contributed by atoms with Crippen molar-refractivity contribution in [3.8, 4) is 0 Å². The van der Waals surface area contributed by atoms with E-state index >= 15 is 0 Å². The van der Waals surface area contributed by atoms with Crippen LogP contribution < -0.4 is 5.32 Å². The molecule has 1 aromatic heterocycles. The number of nitro groups is 1. The van der Waals surface area contributed by atoms with Crippen LogP contribution >= 0.6 is 23.2 Å². The van der Waals surface area contributed by atoms with E-state index < -0.39 is 17.1 Å². The number of halogens is 2. The van der Waals surface area contributed by atoms with Crippen molar-refractivity contribution in [2.75, 3.05) is 5.32 Å². The predicted molar refractivity (Wildman–Crippen MR) is 103 cm³/mol. The maximum Gasteiger partial charge on any atom is 0.278 e. The van der Waals surface area contributed by atoms with Gasteiger partial charge in [-0.15, -0.1) is 0 Å². The highest BCUT2D eigenvalue weighted by atomic mass is 35.5. The normalized spacial score (nSPS) is 13.4. The van der Waals surface area contributed by atoms with Crippen molar-refractivity contribution in [1.82, 2.24) is 4.98 Å². The number of anilines is 1. The van der Waals surface area contributed by atoms with E-state index in [9.17, 15) is 15.2 Å². The zero-order valence-electron chi connectivity index (χ0n) is 13.7. The fraction of sp³-hybridized carbons (Fsp3) is 0.167. The Kier molecular flexibility index (Phi) is 5.27. The topological polar surface area (TPSA) is 88.3 Å². The lowest BCUT2D eigenvalue weighted by atomic mass is 10.0. The Labute approximate surface area is 159 Å². The summed E-state index contributed by atoms with van der Waals surface area (Å²) in [7, 11) is 0. The minimum atomic E-state index is -0.969. The molecular weight excluding hydrogens is 377 g/mol. The van der Waals surface area contributed by atoms with Crippen LogP contribution in [0, 0.1) is 10.1 Å². The van der Waals surface area contributed by atoms with Crippen molar-refractivity contribution < 1.29 is 10.0 Å². The summed E-state index contributed by atoms with van der Waals surface area (Å²) in [6.45, 7) is 1.78. The minimum Gasteiger partial charge on any atom is -0.386 e. The first-order chi connectivity index (χ1) is 12.4. The van der Waals surface area contributed by atoms with Crippen molar-refractivity contribution in [2.24, 2.45) is 0 Å². The van der Waals surface area contributed by atoms with Gasteiger partial charge in [0.15, 0.2) is 0 Å². The van der Waals surface area contributed by atoms with Crippen LogP contribution in [-0.2, 0) is 0 Å². The van der Waals surface area contributed by atoms with Crippen LogP contribution in [0.2, 0.25) is 10.0 Å². The SMILES string of the molecule is CC(Nc1ccc([N+](=O)[O-])c2cnccc12)C(O)c1c(Cl)cccc1Cl. The first kappa shape index (κ1) is 18.4. The van der Waals surface area contributed by atoms with Crippen molar-refractivity contribution in [2.45, 2.75) is 19.1 Å². The van der Waals surface area contributed by atoms with Gasteiger partial charge in [-0.3, -0.25) is 15.1 Å². The molecule has 0 aliphatic carbocycles. The average Bonchev–Trinajstić information content (AvgIpc) is 2.61. The molecule has 0 saturated heterocycles. The molecule has 0 saturated carbocycles. The van der Waals surface area contributed by atoms with E-state index in [1.165, 1.54) is 12.3 Å². The number of hydrogen-bond donors (Lipinski definition) is 2. The smallest absolute Gasteiger partial charge is 0.278 e. The fourth-order valence-corrected chi connectivity index (χ4v) is 3.45. The van der Waals surface area contributed by atoms with Crippen LogP contribution in [0.15, 0.2) is 48.8 Å². The van der Waals surface area contributed by atoms with Gasteiger partial charge in [0.05, 0.1) is 16.4 Å². The number of nitro benzene ring substituents is 1. The van der Waals surface area contributed by atoms with Gasteiger partial charge >= 0.3 is 0 Å². The second kappa shape index (κ2) is 7.45. The Morgan fingerprint density at radius 3 is 2.50 bits per heavy atom. The minimum absolute atomic E-state index is 0.0269. The van der Waals surface area contributed by atoms with Gasteiger partial charge in [-0.1, -0.05) is 29.3 Å². The standard InChI is InChI=1S/C18H15Cl2N3O3/c1-10(18(24)17-13(19)3-2-4-14(17)20)22-15-5-6-16(23(25)26)12-9-21-8-7-11(12)15/h2-10,18,22,24H,1H3. The third-order valence-corrected chi connectivity index (χ3v) is 4.80. The highest BCUT2D eigenvalue weighted by Gasteiger charge is 2.23. The number of aromatic nitrogens is 1. The van der Waals surface area contributed by atoms with E-state index in [4.69, 9.17) is 23.2 Å². The van der Waals surface area contributed by atoms with Crippen LogP contribution in [0.25, 0.3) is 10.8 Å². The Morgan fingerprint density at radius 2 is 1.85 bits per heavy atom. The first-order valence-corrected chi connectivity index (χ1v) is 8.55. The van der Waals surface area contributed by atoms with E-state index in [1.807, 2.05) is 0 Å². The molecule has 0 aliphatic rings. The Bertz CT molecular complexity index is 961. The molecule has 134 valence electrons. The van der Waals surface area contributed by atoms with E-state index in [0.717, 1.165) is 0 Å². The molecule has 2 unspecified atom stereocenters. The lowest BCUT2D eigenvalue weighted by Crippen LogP contribution is -2.24. The summed E-state index contributed by atoms with van der Waals surface area (Å²) < 4.78 is 0. The molecule has 26 heavy (non-hydrogen) atoms. The van der Waals surface area contributed by atoms with E-state index in [1.54, 1.807) is 43.5 Å². The molecule has 1 heterocycles. The first-order valence-electron chi connectivity index (χ1n) is 7.79. The van der Waals surface area contributed by atoms with Crippen molar-refractivity contribution >= 4 is 45.3 Å². The van der Waals surface area contributed by atoms with Gasteiger partial charge in [-0.25, -0.2) is 0 Å². The number of nitrogens with one attached hydrogen (secondary N) is 1. The Morgan fingerprint density at radius 1 is 1.15 bits per heavy atom. The summed E-state index contributed by atoms with van der Waals surface area (Å²) in [5, 5.41) is 26.9. The molecule has 0 fully saturated rings. The van der Waals surface area contributed by atoms with Gasteiger partial charge in [0.25, 0.3) is 5.69 Å². The van der Waals surface area contributed by atoms with Gasteiger partial charge in [-0.05, 0) is 31.2 Å². The molecule has 0 amide bonds. The van der Waals surface area contributed by atoms with Crippen molar-refractivity contribution in [1.29, 1.82) is 0 Å². The summed E-state index contributed by atoms with van der Waals surface area (Å²) in [6.07, 6.45) is 2.04. The number of non-ortho nitro benzene ring substituents is 1. The number of pyridine rings is 1. The zero-order chi connectivity index (χ0) is 18.8. The number of nitrogens with zero attached hydrogens (tertiary/aromatic N) is 2. The van der Waals surface area contributed by atoms with Gasteiger partial charge in [-0.2, -0.15) is 0 Å². The van der Waals surface area contributed by atoms with Crippen LogP contribution in [0.3, 0.4) is 0 Å². The highest BCUT2D eigenvalue weighted by Crippen LogP contribution is 2.35. The molecule has 2 N–H and O–H groups in total. The molecule has 2 atom stereocenters. The van der Waals surface area contributed by atoms with Crippen molar-refractivity contribution in [3.63, 3.8) is 0 Å². The van der Waals surface area contributed by atoms with Gasteiger partial charge < -0.3 is 10.4 Å². The van der Waals surface area contributed by atoms with E-state index in [2.05, 4.69) is 10.3 Å². The van der Waals surface area contributed by atoms with Crippen LogP contribution in [0.5, 0.6) is 0 Å². The molecule has 0 bridgehead atoms. The van der Waals surface area contributed by atoms with Crippen LogP contribution in [0.4, 0.5) is 11.4 Å². The van der Waals surface area contributed by atoms with Crippen LogP contribution in [-0.4, -0.2) is 21.1 Å². The third-order valence-electron chi connectivity index (χ3n) is 4.14. The number of rotatable bonds is 5. The molecule has 6 nitrogen and oxygen atoms in total. The Balaban J connectivity index is 1.96. The van der Waals surface area contributed by atoms with Gasteiger partial charge in [0, 0.05) is 45.1 Å². The van der Waals surface area contributed by atoms with Gasteiger partial charge in [0.1, 0.15) is 6.10 Å². The van der Waals surface area contributed by atoms with Gasteiger partial charge in [0.2, 0.25) is 0 Å². The molecule has 3 aromatic rings.